The summed E-state index contributed by atoms with van der Waals surface area (Å²) < 4.78 is 57.3. The maximum Gasteiger partial charge on any atom is 0.261 e. The molecule has 0 radical (unpaired) electrons. The Balaban J connectivity index is 1.86. The van der Waals surface area contributed by atoms with Crippen molar-refractivity contribution in [1.29, 1.82) is 0 Å². The number of nitrogens with one attached hydrogen (secondary N) is 1. The molecule has 9 heteroatoms. The Morgan fingerprint density at radius 2 is 1.72 bits per heavy atom. The van der Waals surface area contributed by atoms with Gasteiger partial charge in [0.2, 0.25) is 10.0 Å². The third-order valence-electron chi connectivity index (χ3n) is 3.95. The summed E-state index contributed by atoms with van der Waals surface area (Å²) in [5, 5.41) is 0. The lowest BCUT2D eigenvalue weighted by Gasteiger charge is -2.16. The third kappa shape index (κ3) is 3.57. The van der Waals surface area contributed by atoms with Crippen LogP contribution in [0.1, 0.15) is 5.56 Å². The first-order valence-electron chi connectivity index (χ1n) is 7.48. The van der Waals surface area contributed by atoms with Crippen LogP contribution >= 0.6 is 0 Å². The van der Waals surface area contributed by atoms with Crippen molar-refractivity contribution in [3.8, 4) is 5.75 Å². The van der Waals surface area contributed by atoms with E-state index in [-0.39, 0.29) is 4.90 Å². The van der Waals surface area contributed by atoms with E-state index < -0.39 is 20.0 Å². The zero-order chi connectivity index (χ0) is 18.2. The molecule has 0 bridgehead atoms. The summed E-state index contributed by atoms with van der Waals surface area (Å²) in [5.74, 6) is 0.567. The lowest BCUT2D eigenvalue weighted by atomic mass is 10.1. The van der Waals surface area contributed by atoms with Crippen molar-refractivity contribution >= 4 is 31.4 Å². The second kappa shape index (κ2) is 6.23. The van der Waals surface area contributed by atoms with Crippen molar-refractivity contribution in [1.82, 2.24) is 0 Å². The van der Waals surface area contributed by atoms with Gasteiger partial charge in [-0.05, 0) is 54.4 Å². The van der Waals surface area contributed by atoms with Gasteiger partial charge in [0.05, 0.1) is 23.9 Å². The molecule has 2 aromatic carbocycles. The van der Waals surface area contributed by atoms with Crippen molar-refractivity contribution in [3.63, 3.8) is 0 Å². The molecule has 0 amide bonds. The first kappa shape index (κ1) is 17.6. The number of ether oxygens (including phenoxy) is 1. The van der Waals surface area contributed by atoms with Crippen LogP contribution in [0, 0.1) is 0 Å². The van der Waals surface area contributed by atoms with Crippen LogP contribution in [0.25, 0.3) is 0 Å². The SMILES string of the molecule is COc1ccc(S(=O)(=O)Nc2ccc3c(c2)CCN3S(C)(=O)=O)cc1. The lowest BCUT2D eigenvalue weighted by molar-refractivity contribution is 0.414. The van der Waals surface area contributed by atoms with Crippen LogP contribution in [0.3, 0.4) is 0 Å². The molecule has 0 unspecified atom stereocenters. The smallest absolute Gasteiger partial charge is 0.261 e. The fourth-order valence-corrected chi connectivity index (χ4v) is 4.76. The van der Waals surface area contributed by atoms with Crippen LogP contribution in [0.5, 0.6) is 5.75 Å². The molecular formula is C16H18N2O5S2. The number of benzene rings is 2. The summed E-state index contributed by atoms with van der Waals surface area (Å²) >= 11 is 0. The monoisotopic (exact) mass is 382 g/mol. The average molecular weight is 382 g/mol. The Morgan fingerprint density at radius 3 is 2.32 bits per heavy atom. The number of anilines is 2. The van der Waals surface area contributed by atoms with Gasteiger partial charge in [-0.15, -0.1) is 0 Å². The van der Waals surface area contributed by atoms with E-state index in [9.17, 15) is 16.8 Å². The summed E-state index contributed by atoms with van der Waals surface area (Å²) in [5.41, 5.74) is 1.78. The molecule has 25 heavy (non-hydrogen) atoms. The van der Waals surface area contributed by atoms with Crippen molar-refractivity contribution in [2.75, 3.05) is 28.9 Å². The van der Waals surface area contributed by atoms with E-state index in [0.29, 0.717) is 30.1 Å². The summed E-state index contributed by atoms with van der Waals surface area (Å²) in [4.78, 5) is 0.117. The van der Waals surface area contributed by atoms with Gasteiger partial charge in [-0.3, -0.25) is 9.03 Å². The van der Waals surface area contributed by atoms with Crippen LogP contribution in [-0.2, 0) is 26.5 Å². The molecule has 1 heterocycles. The van der Waals surface area contributed by atoms with Crippen molar-refractivity contribution in [2.45, 2.75) is 11.3 Å². The highest BCUT2D eigenvalue weighted by atomic mass is 32.2. The van der Waals surface area contributed by atoms with E-state index in [1.165, 1.54) is 23.5 Å². The van der Waals surface area contributed by atoms with Crippen molar-refractivity contribution in [2.24, 2.45) is 0 Å². The highest BCUT2D eigenvalue weighted by Gasteiger charge is 2.26. The molecule has 0 fully saturated rings. The molecule has 1 N–H and O–H groups in total. The molecule has 134 valence electrons. The zero-order valence-electron chi connectivity index (χ0n) is 13.8. The summed E-state index contributed by atoms with van der Waals surface area (Å²) in [6.45, 7) is 0.364. The predicted molar refractivity (Wildman–Crippen MR) is 96.1 cm³/mol. The van der Waals surface area contributed by atoms with Gasteiger partial charge >= 0.3 is 0 Å². The van der Waals surface area contributed by atoms with Crippen molar-refractivity contribution in [3.05, 3.63) is 48.0 Å². The number of nitrogens with zero attached hydrogens (tertiary/aromatic N) is 1. The number of fused-ring (bicyclic) bond motifs is 1. The highest BCUT2D eigenvalue weighted by molar-refractivity contribution is 7.92. The van der Waals surface area contributed by atoms with Crippen LogP contribution in [0.15, 0.2) is 47.4 Å². The minimum absolute atomic E-state index is 0.117. The summed E-state index contributed by atoms with van der Waals surface area (Å²) in [6, 6.07) is 10.9. The molecule has 7 nitrogen and oxygen atoms in total. The van der Waals surface area contributed by atoms with E-state index in [1.807, 2.05) is 0 Å². The van der Waals surface area contributed by atoms with Gasteiger partial charge in [-0.2, -0.15) is 0 Å². The standard InChI is InChI=1S/C16H18N2O5S2/c1-23-14-4-6-15(7-5-14)25(21,22)17-13-3-8-16-12(11-13)9-10-18(16)24(2,19)20/h3-8,11,17H,9-10H2,1-2H3. The molecule has 2 aromatic rings. The van der Waals surface area contributed by atoms with E-state index in [4.69, 9.17) is 4.74 Å². The Morgan fingerprint density at radius 1 is 1.04 bits per heavy atom. The van der Waals surface area contributed by atoms with E-state index in [0.717, 1.165) is 11.8 Å². The van der Waals surface area contributed by atoms with Gasteiger partial charge in [0.1, 0.15) is 5.75 Å². The first-order chi connectivity index (χ1) is 11.7. The van der Waals surface area contributed by atoms with E-state index in [1.54, 1.807) is 30.3 Å². The molecule has 0 aliphatic carbocycles. The normalized spacial score (nSPS) is 14.2. The predicted octanol–water partition coefficient (Wildman–Crippen LogP) is 1.82. The van der Waals surface area contributed by atoms with Gasteiger partial charge in [-0.1, -0.05) is 0 Å². The maximum atomic E-state index is 12.5. The topological polar surface area (TPSA) is 92.8 Å². The van der Waals surface area contributed by atoms with Gasteiger partial charge in [0.15, 0.2) is 0 Å². The Labute approximate surface area is 147 Å². The molecule has 3 rings (SSSR count). The Kier molecular flexibility index (Phi) is 4.38. The fraction of sp³-hybridized carbons (Fsp3) is 0.250. The number of methoxy groups -OCH3 is 1. The highest BCUT2D eigenvalue weighted by Crippen LogP contribution is 2.32. The van der Waals surface area contributed by atoms with Crippen LogP contribution in [0.4, 0.5) is 11.4 Å². The minimum atomic E-state index is -3.74. The summed E-state index contributed by atoms with van der Waals surface area (Å²) in [7, 11) is -5.56. The zero-order valence-corrected chi connectivity index (χ0v) is 15.4. The second-order valence-corrected chi connectivity index (χ2v) is 9.30. The molecule has 0 atom stereocenters. The fourth-order valence-electron chi connectivity index (χ4n) is 2.75. The van der Waals surface area contributed by atoms with Gasteiger partial charge in [-0.25, -0.2) is 16.8 Å². The van der Waals surface area contributed by atoms with E-state index in [2.05, 4.69) is 4.72 Å². The second-order valence-electron chi connectivity index (χ2n) is 5.71. The lowest BCUT2D eigenvalue weighted by Crippen LogP contribution is -2.27. The molecular weight excluding hydrogens is 364 g/mol. The van der Waals surface area contributed by atoms with E-state index >= 15 is 0 Å². The molecule has 0 saturated carbocycles. The molecule has 1 aliphatic heterocycles. The molecule has 0 aromatic heterocycles. The van der Waals surface area contributed by atoms with Gasteiger partial charge < -0.3 is 4.74 Å². The van der Waals surface area contributed by atoms with Crippen molar-refractivity contribution < 1.29 is 21.6 Å². The minimum Gasteiger partial charge on any atom is -0.497 e. The first-order valence-corrected chi connectivity index (χ1v) is 10.8. The Hall–Kier alpha value is -2.26. The van der Waals surface area contributed by atoms with Crippen LogP contribution in [0.2, 0.25) is 0 Å². The van der Waals surface area contributed by atoms with Gasteiger partial charge in [0.25, 0.3) is 10.0 Å². The molecule has 0 spiro atoms. The van der Waals surface area contributed by atoms with Crippen LogP contribution in [-0.4, -0.2) is 36.7 Å². The van der Waals surface area contributed by atoms with Crippen LogP contribution < -0.4 is 13.8 Å². The number of hydrogen-bond donors (Lipinski definition) is 1. The quantitative estimate of drug-likeness (QED) is 0.851. The average Bonchev–Trinajstić information content (AvgIpc) is 2.98. The number of hydrogen-bond acceptors (Lipinski definition) is 5. The molecule has 0 saturated heterocycles. The molecule has 1 aliphatic rings. The third-order valence-corrected chi connectivity index (χ3v) is 6.53. The largest absolute Gasteiger partial charge is 0.497 e. The summed E-state index contributed by atoms with van der Waals surface area (Å²) in [6.07, 6.45) is 1.70. The number of rotatable bonds is 5. The number of sulfonamides is 2. The maximum absolute atomic E-state index is 12.5. The Bertz CT molecular complexity index is 999. The van der Waals surface area contributed by atoms with Gasteiger partial charge in [0, 0.05) is 12.2 Å².